The van der Waals surface area contributed by atoms with E-state index >= 15 is 0 Å². The Labute approximate surface area is 121 Å². The fourth-order valence-corrected chi connectivity index (χ4v) is 2.91. The Morgan fingerprint density at radius 1 is 1.30 bits per heavy atom. The molecule has 0 saturated carbocycles. The highest BCUT2D eigenvalue weighted by Crippen LogP contribution is 2.26. The van der Waals surface area contributed by atoms with E-state index in [0.717, 1.165) is 6.42 Å². The maximum absolute atomic E-state index is 12.3. The third kappa shape index (κ3) is 4.39. The Morgan fingerprint density at radius 2 is 1.90 bits per heavy atom. The van der Waals surface area contributed by atoms with Crippen LogP contribution in [0, 0.1) is 17.8 Å². The molecule has 5 nitrogen and oxygen atoms in total. The van der Waals surface area contributed by atoms with E-state index in [1.165, 1.54) is 0 Å². The van der Waals surface area contributed by atoms with Crippen molar-refractivity contribution in [2.45, 2.75) is 59.5 Å². The number of carbonyl (C=O) groups excluding carboxylic acids is 1. The molecule has 5 heteroatoms. The van der Waals surface area contributed by atoms with Crippen molar-refractivity contribution in [3.8, 4) is 0 Å². The lowest BCUT2D eigenvalue weighted by atomic mass is 9.86. The van der Waals surface area contributed by atoms with Crippen molar-refractivity contribution in [1.82, 2.24) is 10.2 Å². The zero-order valence-corrected chi connectivity index (χ0v) is 13.2. The Kier molecular flexibility index (Phi) is 5.84. The molecule has 0 aromatic heterocycles. The summed E-state index contributed by atoms with van der Waals surface area (Å²) in [4.78, 5) is 25.4. The first kappa shape index (κ1) is 16.8. The van der Waals surface area contributed by atoms with Gasteiger partial charge >= 0.3 is 12.0 Å². The number of piperidine rings is 1. The third-order valence-corrected chi connectivity index (χ3v) is 4.16. The lowest BCUT2D eigenvalue weighted by Crippen LogP contribution is -2.55. The van der Waals surface area contributed by atoms with Crippen molar-refractivity contribution in [2.24, 2.45) is 17.8 Å². The molecule has 4 unspecified atom stereocenters. The van der Waals surface area contributed by atoms with Gasteiger partial charge in [-0.15, -0.1) is 0 Å². The first-order valence-corrected chi connectivity index (χ1v) is 7.52. The molecule has 1 heterocycles. The summed E-state index contributed by atoms with van der Waals surface area (Å²) in [6, 6.07) is -0.897. The minimum Gasteiger partial charge on any atom is -0.480 e. The largest absolute Gasteiger partial charge is 0.480 e. The van der Waals surface area contributed by atoms with E-state index in [4.69, 9.17) is 0 Å². The topological polar surface area (TPSA) is 69.6 Å². The predicted octanol–water partition coefficient (Wildman–Crippen LogP) is 2.56. The van der Waals surface area contributed by atoms with E-state index in [1.807, 2.05) is 20.8 Å². The van der Waals surface area contributed by atoms with Crippen LogP contribution in [0.3, 0.4) is 0 Å². The van der Waals surface area contributed by atoms with E-state index < -0.39 is 12.0 Å². The van der Waals surface area contributed by atoms with Crippen molar-refractivity contribution in [1.29, 1.82) is 0 Å². The number of rotatable bonds is 4. The van der Waals surface area contributed by atoms with Gasteiger partial charge in [0.05, 0.1) is 0 Å². The third-order valence-electron chi connectivity index (χ3n) is 4.16. The van der Waals surface area contributed by atoms with Crippen LogP contribution in [0.1, 0.15) is 47.5 Å². The first-order chi connectivity index (χ1) is 9.22. The van der Waals surface area contributed by atoms with Crippen LogP contribution in [-0.4, -0.2) is 40.6 Å². The van der Waals surface area contributed by atoms with Crippen molar-refractivity contribution >= 4 is 12.0 Å². The fraction of sp³-hybridized carbons (Fsp3) is 0.867. The SMILES string of the molecule is CC(C)CC(NC(=O)N1CC(C)CC(C)C1C)C(=O)O. The molecule has 2 N–H and O–H groups in total. The van der Waals surface area contributed by atoms with Gasteiger partial charge in [-0.2, -0.15) is 0 Å². The second-order valence-corrected chi connectivity index (χ2v) is 6.68. The van der Waals surface area contributed by atoms with Crippen LogP contribution in [0.25, 0.3) is 0 Å². The standard InChI is InChI=1S/C15H28N2O3/c1-9(2)6-13(14(18)19)16-15(20)17-8-10(3)7-11(4)12(17)5/h9-13H,6-8H2,1-5H3,(H,16,20)(H,18,19). The maximum Gasteiger partial charge on any atom is 0.326 e. The number of nitrogens with zero attached hydrogens (tertiary/aromatic N) is 1. The van der Waals surface area contributed by atoms with E-state index in [2.05, 4.69) is 19.2 Å². The average Bonchev–Trinajstić information content (AvgIpc) is 2.32. The molecule has 0 aromatic carbocycles. The van der Waals surface area contributed by atoms with E-state index in [1.54, 1.807) is 4.90 Å². The number of hydrogen-bond acceptors (Lipinski definition) is 2. The van der Waals surface area contributed by atoms with Crippen molar-refractivity contribution in [2.75, 3.05) is 6.54 Å². The molecule has 20 heavy (non-hydrogen) atoms. The van der Waals surface area contributed by atoms with Crippen LogP contribution >= 0.6 is 0 Å². The predicted molar refractivity (Wildman–Crippen MR) is 78.5 cm³/mol. The molecule has 0 aliphatic carbocycles. The highest BCUT2D eigenvalue weighted by atomic mass is 16.4. The van der Waals surface area contributed by atoms with Gasteiger partial charge in [-0.25, -0.2) is 9.59 Å². The lowest BCUT2D eigenvalue weighted by Gasteiger charge is -2.41. The van der Waals surface area contributed by atoms with Crippen molar-refractivity contribution in [3.05, 3.63) is 0 Å². The summed E-state index contributed by atoms with van der Waals surface area (Å²) in [6.07, 6.45) is 1.56. The number of likely N-dealkylation sites (tertiary alicyclic amines) is 1. The van der Waals surface area contributed by atoms with E-state index in [-0.39, 0.29) is 18.0 Å². The van der Waals surface area contributed by atoms with E-state index in [0.29, 0.717) is 24.8 Å². The molecular formula is C15H28N2O3. The van der Waals surface area contributed by atoms with E-state index in [9.17, 15) is 14.7 Å². The van der Waals surface area contributed by atoms with Crippen molar-refractivity contribution < 1.29 is 14.7 Å². The molecule has 1 rings (SSSR count). The molecule has 0 radical (unpaired) electrons. The molecule has 0 spiro atoms. The van der Waals surface area contributed by atoms with Crippen LogP contribution in [-0.2, 0) is 4.79 Å². The second kappa shape index (κ2) is 6.95. The normalized spacial score (nSPS) is 28.3. The van der Waals surface area contributed by atoms with Gasteiger partial charge in [0.15, 0.2) is 0 Å². The van der Waals surface area contributed by atoms with Crippen LogP contribution in [0.5, 0.6) is 0 Å². The van der Waals surface area contributed by atoms with Crippen LogP contribution < -0.4 is 5.32 Å². The smallest absolute Gasteiger partial charge is 0.326 e. The number of amides is 2. The summed E-state index contributed by atoms with van der Waals surface area (Å²) in [6.45, 7) is 10.9. The summed E-state index contributed by atoms with van der Waals surface area (Å²) >= 11 is 0. The number of carboxylic acids is 1. The number of carboxylic acid groups (broad SMARTS) is 1. The number of aliphatic carboxylic acids is 1. The highest BCUT2D eigenvalue weighted by molar-refractivity contribution is 5.82. The van der Waals surface area contributed by atoms with Gasteiger partial charge in [0.1, 0.15) is 6.04 Å². The Hall–Kier alpha value is -1.26. The summed E-state index contributed by atoms with van der Waals surface area (Å²) in [5.41, 5.74) is 0. The Bertz CT molecular complexity index is 357. The maximum atomic E-state index is 12.3. The monoisotopic (exact) mass is 284 g/mol. The first-order valence-electron chi connectivity index (χ1n) is 7.52. The minimum absolute atomic E-state index is 0.152. The van der Waals surface area contributed by atoms with Gasteiger partial charge in [0, 0.05) is 12.6 Å². The Morgan fingerprint density at radius 3 is 2.40 bits per heavy atom. The highest BCUT2D eigenvalue weighted by Gasteiger charge is 2.33. The average molecular weight is 284 g/mol. The fourth-order valence-electron chi connectivity index (χ4n) is 2.91. The quantitative estimate of drug-likeness (QED) is 0.833. The zero-order valence-electron chi connectivity index (χ0n) is 13.2. The molecule has 2 amide bonds. The molecule has 116 valence electrons. The molecule has 0 bridgehead atoms. The number of carbonyl (C=O) groups is 2. The van der Waals surface area contributed by atoms with Gasteiger partial charge < -0.3 is 15.3 Å². The molecule has 0 aromatic rings. The van der Waals surface area contributed by atoms with Crippen LogP contribution in [0.4, 0.5) is 4.79 Å². The molecular weight excluding hydrogens is 256 g/mol. The summed E-state index contributed by atoms with van der Waals surface area (Å²) in [7, 11) is 0. The molecule has 1 saturated heterocycles. The zero-order chi connectivity index (χ0) is 15.4. The van der Waals surface area contributed by atoms with Crippen molar-refractivity contribution in [3.63, 3.8) is 0 Å². The number of hydrogen-bond donors (Lipinski definition) is 2. The molecule has 1 aliphatic rings. The van der Waals surface area contributed by atoms with Crippen LogP contribution in [0.2, 0.25) is 0 Å². The van der Waals surface area contributed by atoms with Gasteiger partial charge in [-0.1, -0.05) is 27.7 Å². The van der Waals surface area contributed by atoms with Gasteiger partial charge in [-0.3, -0.25) is 0 Å². The molecule has 1 fully saturated rings. The number of nitrogens with one attached hydrogen (secondary N) is 1. The molecule has 4 atom stereocenters. The summed E-state index contributed by atoms with van der Waals surface area (Å²) in [5.74, 6) is 0.170. The summed E-state index contributed by atoms with van der Waals surface area (Å²) < 4.78 is 0. The second-order valence-electron chi connectivity index (χ2n) is 6.68. The number of urea groups is 1. The Balaban J connectivity index is 2.70. The minimum atomic E-state index is -0.960. The summed E-state index contributed by atoms with van der Waals surface area (Å²) in [5, 5.41) is 11.9. The molecule has 1 aliphatic heterocycles. The van der Waals surface area contributed by atoms with Gasteiger partial charge in [0.25, 0.3) is 0 Å². The van der Waals surface area contributed by atoms with Crippen LogP contribution in [0.15, 0.2) is 0 Å². The lowest BCUT2D eigenvalue weighted by molar-refractivity contribution is -0.139. The van der Waals surface area contributed by atoms with Gasteiger partial charge in [-0.05, 0) is 37.5 Å². The van der Waals surface area contributed by atoms with Gasteiger partial charge in [0.2, 0.25) is 0 Å².